The number of H-pyrrole nitrogens is 1. The average Bonchev–Trinajstić information content (AvgIpc) is 3.14. The first-order valence-corrected chi connectivity index (χ1v) is 9.02. The topological polar surface area (TPSA) is 59.7 Å². The number of nitrogens with zero attached hydrogens (tertiary/aromatic N) is 3. The van der Waals surface area contributed by atoms with Crippen LogP contribution in [0.25, 0.3) is 0 Å². The van der Waals surface area contributed by atoms with E-state index in [4.69, 9.17) is 0 Å². The molecule has 0 bridgehead atoms. The summed E-state index contributed by atoms with van der Waals surface area (Å²) < 4.78 is 0. The lowest BCUT2D eigenvalue weighted by atomic mass is 9.93. The van der Waals surface area contributed by atoms with E-state index in [0.717, 1.165) is 13.0 Å². The second-order valence-electron chi connectivity index (χ2n) is 7.07. The average molecular weight is 332 g/mol. The van der Waals surface area contributed by atoms with Crippen molar-refractivity contribution in [2.45, 2.75) is 25.7 Å². The summed E-state index contributed by atoms with van der Waals surface area (Å²) >= 11 is 0. The zero-order valence-electron chi connectivity index (χ0n) is 14.5. The standard InChI is InChI=1S/C18H28N4O2/c1-20-9-3-4-15(14-20)6-7-17(23)21-10-12-22(13-11-21)18(24)16-5-2-8-19-16/h2,5,8,15,19H,3-4,6-7,9-14H2,1H3. The Labute approximate surface area is 143 Å². The van der Waals surface area contributed by atoms with E-state index in [1.807, 2.05) is 15.9 Å². The van der Waals surface area contributed by atoms with Crippen molar-refractivity contribution < 1.29 is 9.59 Å². The SMILES string of the molecule is CN1CCCC(CCC(=O)N2CCN(C(=O)c3ccc[nH]3)CC2)C1. The van der Waals surface area contributed by atoms with Crippen molar-refractivity contribution in [1.29, 1.82) is 0 Å². The molecule has 2 fully saturated rings. The Morgan fingerprint density at radius 1 is 1.17 bits per heavy atom. The van der Waals surface area contributed by atoms with E-state index in [9.17, 15) is 9.59 Å². The molecule has 1 aromatic rings. The normalized spacial score (nSPS) is 22.6. The van der Waals surface area contributed by atoms with Gasteiger partial charge < -0.3 is 19.7 Å². The molecule has 2 amide bonds. The van der Waals surface area contributed by atoms with Crippen LogP contribution in [0, 0.1) is 5.92 Å². The highest BCUT2D eigenvalue weighted by Gasteiger charge is 2.26. The minimum atomic E-state index is 0.0253. The summed E-state index contributed by atoms with van der Waals surface area (Å²) in [6, 6.07) is 3.62. The van der Waals surface area contributed by atoms with Gasteiger partial charge in [-0.15, -0.1) is 0 Å². The molecule has 24 heavy (non-hydrogen) atoms. The quantitative estimate of drug-likeness (QED) is 0.907. The van der Waals surface area contributed by atoms with Crippen molar-refractivity contribution in [2.24, 2.45) is 5.92 Å². The van der Waals surface area contributed by atoms with E-state index in [-0.39, 0.29) is 11.8 Å². The molecule has 3 heterocycles. The fourth-order valence-corrected chi connectivity index (χ4v) is 3.79. The molecule has 0 aliphatic carbocycles. The van der Waals surface area contributed by atoms with Gasteiger partial charge in [0.15, 0.2) is 0 Å². The fourth-order valence-electron chi connectivity index (χ4n) is 3.79. The summed E-state index contributed by atoms with van der Waals surface area (Å²) in [6.07, 6.45) is 5.88. The van der Waals surface area contributed by atoms with Crippen LogP contribution in [-0.4, -0.2) is 77.8 Å². The van der Waals surface area contributed by atoms with Crippen LogP contribution in [0.3, 0.4) is 0 Å². The molecule has 1 atom stereocenters. The summed E-state index contributed by atoms with van der Waals surface area (Å²) in [5.74, 6) is 0.927. The number of aromatic amines is 1. The summed E-state index contributed by atoms with van der Waals surface area (Å²) in [7, 11) is 2.16. The molecular weight excluding hydrogens is 304 g/mol. The van der Waals surface area contributed by atoms with Gasteiger partial charge >= 0.3 is 0 Å². The van der Waals surface area contributed by atoms with Crippen LogP contribution in [0.15, 0.2) is 18.3 Å². The number of hydrogen-bond acceptors (Lipinski definition) is 3. The van der Waals surface area contributed by atoms with Gasteiger partial charge in [0, 0.05) is 45.3 Å². The van der Waals surface area contributed by atoms with Gasteiger partial charge in [0.2, 0.25) is 5.91 Å². The van der Waals surface area contributed by atoms with Crippen LogP contribution < -0.4 is 0 Å². The maximum atomic E-state index is 12.4. The molecular formula is C18H28N4O2. The van der Waals surface area contributed by atoms with Gasteiger partial charge in [0.05, 0.1) is 0 Å². The van der Waals surface area contributed by atoms with Crippen LogP contribution >= 0.6 is 0 Å². The molecule has 2 saturated heterocycles. The van der Waals surface area contributed by atoms with E-state index < -0.39 is 0 Å². The first-order valence-electron chi connectivity index (χ1n) is 9.02. The van der Waals surface area contributed by atoms with E-state index in [1.165, 1.54) is 19.4 Å². The van der Waals surface area contributed by atoms with Gasteiger partial charge in [-0.2, -0.15) is 0 Å². The van der Waals surface area contributed by atoms with E-state index in [1.54, 1.807) is 12.3 Å². The Morgan fingerprint density at radius 3 is 2.58 bits per heavy atom. The van der Waals surface area contributed by atoms with Gasteiger partial charge in [-0.1, -0.05) is 0 Å². The van der Waals surface area contributed by atoms with Gasteiger partial charge in [-0.3, -0.25) is 9.59 Å². The van der Waals surface area contributed by atoms with Crippen molar-refractivity contribution in [3.63, 3.8) is 0 Å². The number of nitrogens with one attached hydrogen (secondary N) is 1. The second kappa shape index (κ2) is 7.83. The molecule has 1 N–H and O–H groups in total. The highest BCUT2D eigenvalue weighted by Crippen LogP contribution is 2.20. The number of likely N-dealkylation sites (tertiary alicyclic amines) is 1. The Kier molecular flexibility index (Phi) is 5.56. The van der Waals surface area contributed by atoms with Crippen molar-refractivity contribution in [3.05, 3.63) is 24.0 Å². The molecule has 0 radical (unpaired) electrons. The predicted octanol–water partition coefficient (Wildman–Crippen LogP) is 1.42. The van der Waals surface area contributed by atoms with Gasteiger partial charge in [-0.25, -0.2) is 0 Å². The molecule has 1 unspecified atom stereocenters. The Hall–Kier alpha value is -1.82. The molecule has 0 aromatic carbocycles. The highest BCUT2D eigenvalue weighted by atomic mass is 16.2. The molecule has 132 valence electrons. The lowest BCUT2D eigenvalue weighted by molar-refractivity contribution is -0.133. The number of carbonyl (C=O) groups excluding carboxylic acids is 2. The number of hydrogen-bond donors (Lipinski definition) is 1. The molecule has 1 aromatic heterocycles. The monoisotopic (exact) mass is 332 g/mol. The molecule has 3 rings (SSSR count). The minimum Gasteiger partial charge on any atom is -0.357 e. The maximum absolute atomic E-state index is 12.4. The highest BCUT2D eigenvalue weighted by molar-refractivity contribution is 5.92. The maximum Gasteiger partial charge on any atom is 0.270 e. The van der Waals surface area contributed by atoms with Crippen molar-refractivity contribution >= 4 is 11.8 Å². The number of aromatic nitrogens is 1. The van der Waals surface area contributed by atoms with Crippen LogP contribution in [0.5, 0.6) is 0 Å². The largest absolute Gasteiger partial charge is 0.357 e. The number of piperidine rings is 1. The van der Waals surface area contributed by atoms with Crippen LogP contribution in [0.4, 0.5) is 0 Å². The number of carbonyl (C=O) groups is 2. The zero-order chi connectivity index (χ0) is 16.9. The molecule has 2 aliphatic rings. The first-order chi connectivity index (χ1) is 11.6. The van der Waals surface area contributed by atoms with E-state index >= 15 is 0 Å². The number of amides is 2. The third-order valence-corrected chi connectivity index (χ3v) is 5.24. The third-order valence-electron chi connectivity index (χ3n) is 5.24. The van der Waals surface area contributed by atoms with Crippen molar-refractivity contribution in [1.82, 2.24) is 19.7 Å². The van der Waals surface area contributed by atoms with Gasteiger partial charge in [0.1, 0.15) is 5.69 Å². The van der Waals surface area contributed by atoms with Crippen molar-refractivity contribution in [2.75, 3.05) is 46.3 Å². The predicted molar refractivity (Wildman–Crippen MR) is 92.7 cm³/mol. The smallest absolute Gasteiger partial charge is 0.270 e. The lowest BCUT2D eigenvalue weighted by Crippen LogP contribution is -2.50. The zero-order valence-corrected chi connectivity index (χ0v) is 14.5. The summed E-state index contributed by atoms with van der Waals surface area (Å²) in [5.41, 5.74) is 0.621. The van der Waals surface area contributed by atoms with Gasteiger partial charge in [0.25, 0.3) is 5.91 Å². The molecule has 2 aliphatic heterocycles. The first kappa shape index (κ1) is 17.0. The second-order valence-corrected chi connectivity index (χ2v) is 7.07. The molecule has 6 heteroatoms. The molecule has 6 nitrogen and oxygen atoms in total. The van der Waals surface area contributed by atoms with Crippen molar-refractivity contribution in [3.8, 4) is 0 Å². The third kappa shape index (κ3) is 4.17. The van der Waals surface area contributed by atoms with Crippen LogP contribution in [0.2, 0.25) is 0 Å². The lowest BCUT2D eigenvalue weighted by Gasteiger charge is -2.35. The summed E-state index contributed by atoms with van der Waals surface area (Å²) in [6.45, 7) is 4.84. The Bertz CT molecular complexity index is 549. The Balaban J connectivity index is 1.41. The van der Waals surface area contributed by atoms with E-state index in [0.29, 0.717) is 44.2 Å². The molecule has 0 saturated carbocycles. The van der Waals surface area contributed by atoms with E-state index in [2.05, 4.69) is 16.9 Å². The molecule has 0 spiro atoms. The Morgan fingerprint density at radius 2 is 1.92 bits per heavy atom. The summed E-state index contributed by atoms with van der Waals surface area (Å²) in [4.78, 5) is 33.8. The number of rotatable bonds is 4. The van der Waals surface area contributed by atoms with Crippen LogP contribution in [-0.2, 0) is 4.79 Å². The summed E-state index contributed by atoms with van der Waals surface area (Å²) in [5, 5.41) is 0. The fraction of sp³-hybridized carbons (Fsp3) is 0.667. The minimum absolute atomic E-state index is 0.0253. The van der Waals surface area contributed by atoms with Crippen LogP contribution in [0.1, 0.15) is 36.2 Å². The number of piperazine rings is 1. The van der Waals surface area contributed by atoms with Gasteiger partial charge in [-0.05, 0) is 50.9 Å².